The van der Waals surface area contributed by atoms with Crippen LogP contribution in [-0.2, 0) is 0 Å². The third-order valence-electron chi connectivity index (χ3n) is 2.85. The second-order valence-electron chi connectivity index (χ2n) is 4.76. The lowest BCUT2D eigenvalue weighted by atomic mass is 10.1. The fourth-order valence-corrected chi connectivity index (χ4v) is 1.69. The van der Waals surface area contributed by atoms with Gasteiger partial charge in [-0.05, 0) is 32.7 Å². The molecule has 0 bridgehead atoms. The summed E-state index contributed by atoms with van der Waals surface area (Å²) in [5.41, 5.74) is 4.82. The predicted molar refractivity (Wildman–Crippen MR) is 59.2 cm³/mol. The number of rotatable bonds is 7. The first kappa shape index (κ1) is 12.0. The zero-order valence-electron chi connectivity index (χ0n) is 9.50. The van der Waals surface area contributed by atoms with Gasteiger partial charge in [0, 0.05) is 19.1 Å². The molecule has 1 fully saturated rings. The monoisotopic (exact) mass is 200 g/mol. The summed E-state index contributed by atoms with van der Waals surface area (Å²) >= 11 is 0. The molecule has 1 aliphatic carbocycles. The largest absolute Gasteiger partial charge is 0.388 e. The van der Waals surface area contributed by atoms with Crippen LogP contribution >= 0.6 is 0 Å². The van der Waals surface area contributed by atoms with Crippen LogP contribution < -0.4 is 5.73 Å². The van der Waals surface area contributed by atoms with Crippen LogP contribution in [0.2, 0.25) is 0 Å². The van der Waals surface area contributed by atoms with Crippen LogP contribution in [-0.4, -0.2) is 41.3 Å². The van der Waals surface area contributed by atoms with Crippen molar-refractivity contribution >= 4 is 0 Å². The molecule has 0 aromatic heterocycles. The maximum absolute atomic E-state index is 9.90. The number of nitrogens with two attached hydrogens (primary N) is 1. The SMILES string of the molecule is CCCCN(CC(C)(O)CN)C1CC1. The summed E-state index contributed by atoms with van der Waals surface area (Å²) in [7, 11) is 0. The molecule has 14 heavy (non-hydrogen) atoms. The van der Waals surface area contributed by atoms with Gasteiger partial charge in [0.05, 0.1) is 5.60 Å². The van der Waals surface area contributed by atoms with Crippen molar-refractivity contribution in [1.29, 1.82) is 0 Å². The zero-order chi connectivity index (χ0) is 10.6. The van der Waals surface area contributed by atoms with Crippen molar-refractivity contribution in [2.24, 2.45) is 5.73 Å². The van der Waals surface area contributed by atoms with Crippen molar-refractivity contribution in [3.05, 3.63) is 0 Å². The van der Waals surface area contributed by atoms with E-state index in [4.69, 9.17) is 5.73 Å². The Labute approximate surface area is 87.3 Å². The Hall–Kier alpha value is -0.120. The average molecular weight is 200 g/mol. The molecule has 1 unspecified atom stereocenters. The Bertz CT molecular complexity index is 167. The van der Waals surface area contributed by atoms with Gasteiger partial charge in [-0.3, -0.25) is 4.90 Å². The molecule has 3 heteroatoms. The van der Waals surface area contributed by atoms with Crippen LogP contribution in [0.25, 0.3) is 0 Å². The van der Waals surface area contributed by atoms with Crippen LogP contribution in [0.3, 0.4) is 0 Å². The lowest BCUT2D eigenvalue weighted by Gasteiger charge is -2.30. The van der Waals surface area contributed by atoms with Crippen molar-refractivity contribution in [3.63, 3.8) is 0 Å². The first-order chi connectivity index (χ1) is 6.59. The van der Waals surface area contributed by atoms with Gasteiger partial charge in [0.15, 0.2) is 0 Å². The number of hydrogen-bond donors (Lipinski definition) is 2. The standard InChI is InChI=1S/C11H24N2O/c1-3-4-7-13(10-5-6-10)9-11(2,14)8-12/h10,14H,3-9,12H2,1-2H3. The molecule has 3 N–H and O–H groups in total. The molecule has 0 aromatic rings. The van der Waals surface area contributed by atoms with Crippen LogP contribution in [0.1, 0.15) is 39.5 Å². The molecule has 0 spiro atoms. The Balaban J connectivity index is 2.34. The highest BCUT2D eigenvalue weighted by atomic mass is 16.3. The van der Waals surface area contributed by atoms with E-state index in [0.29, 0.717) is 6.54 Å². The van der Waals surface area contributed by atoms with Gasteiger partial charge in [0.1, 0.15) is 0 Å². The summed E-state index contributed by atoms with van der Waals surface area (Å²) in [4.78, 5) is 2.40. The van der Waals surface area contributed by atoms with Gasteiger partial charge < -0.3 is 10.8 Å². The fraction of sp³-hybridized carbons (Fsp3) is 1.00. The average Bonchev–Trinajstić information content (AvgIpc) is 2.95. The smallest absolute Gasteiger partial charge is 0.0867 e. The molecule has 1 atom stereocenters. The zero-order valence-corrected chi connectivity index (χ0v) is 9.50. The summed E-state index contributed by atoms with van der Waals surface area (Å²) in [6.45, 7) is 6.22. The Kier molecular flexibility index (Phi) is 4.35. The minimum absolute atomic E-state index is 0.350. The van der Waals surface area contributed by atoms with Gasteiger partial charge in [0.2, 0.25) is 0 Å². The molecule has 0 saturated heterocycles. The molecular formula is C11H24N2O. The van der Waals surface area contributed by atoms with E-state index in [2.05, 4.69) is 11.8 Å². The molecule has 1 aliphatic rings. The van der Waals surface area contributed by atoms with E-state index in [1.165, 1.54) is 25.7 Å². The van der Waals surface area contributed by atoms with Gasteiger partial charge in [-0.2, -0.15) is 0 Å². The van der Waals surface area contributed by atoms with E-state index in [1.807, 2.05) is 6.92 Å². The Morgan fingerprint density at radius 1 is 1.50 bits per heavy atom. The third-order valence-corrected chi connectivity index (χ3v) is 2.85. The van der Waals surface area contributed by atoms with Gasteiger partial charge in [-0.1, -0.05) is 13.3 Å². The highest BCUT2D eigenvalue weighted by Gasteiger charge is 2.32. The van der Waals surface area contributed by atoms with Crippen LogP contribution in [0.15, 0.2) is 0 Å². The Morgan fingerprint density at radius 3 is 2.57 bits per heavy atom. The van der Waals surface area contributed by atoms with Crippen molar-refractivity contribution in [2.45, 2.75) is 51.2 Å². The topological polar surface area (TPSA) is 49.5 Å². The van der Waals surface area contributed by atoms with E-state index >= 15 is 0 Å². The maximum atomic E-state index is 9.90. The van der Waals surface area contributed by atoms with Gasteiger partial charge >= 0.3 is 0 Å². The molecule has 1 saturated carbocycles. The lowest BCUT2D eigenvalue weighted by Crippen LogP contribution is -2.47. The summed E-state index contributed by atoms with van der Waals surface area (Å²) < 4.78 is 0. The molecule has 0 heterocycles. The molecule has 3 nitrogen and oxygen atoms in total. The molecular weight excluding hydrogens is 176 g/mol. The molecule has 0 radical (unpaired) electrons. The van der Waals surface area contributed by atoms with Crippen LogP contribution in [0.4, 0.5) is 0 Å². The van der Waals surface area contributed by atoms with E-state index in [9.17, 15) is 5.11 Å². The van der Waals surface area contributed by atoms with Gasteiger partial charge in [-0.25, -0.2) is 0 Å². The summed E-state index contributed by atoms with van der Waals surface area (Å²) in [5.74, 6) is 0. The first-order valence-electron chi connectivity index (χ1n) is 5.75. The minimum Gasteiger partial charge on any atom is -0.388 e. The second-order valence-corrected chi connectivity index (χ2v) is 4.76. The van der Waals surface area contributed by atoms with Crippen molar-refractivity contribution < 1.29 is 5.11 Å². The molecule has 0 aromatic carbocycles. The summed E-state index contributed by atoms with van der Waals surface area (Å²) in [6.07, 6.45) is 5.03. The fourth-order valence-electron chi connectivity index (χ4n) is 1.69. The van der Waals surface area contributed by atoms with Gasteiger partial charge in [0.25, 0.3) is 0 Å². The first-order valence-corrected chi connectivity index (χ1v) is 5.75. The second kappa shape index (κ2) is 5.10. The normalized spacial score (nSPS) is 21.2. The number of hydrogen-bond acceptors (Lipinski definition) is 3. The maximum Gasteiger partial charge on any atom is 0.0867 e. The van der Waals surface area contributed by atoms with Gasteiger partial charge in [-0.15, -0.1) is 0 Å². The van der Waals surface area contributed by atoms with Crippen molar-refractivity contribution in [3.8, 4) is 0 Å². The molecule has 1 rings (SSSR count). The highest BCUT2D eigenvalue weighted by molar-refractivity contribution is 4.89. The highest BCUT2D eigenvalue weighted by Crippen LogP contribution is 2.28. The van der Waals surface area contributed by atoms with Crippen LogP contribution in [0.5, 0.6) is 0 Å². The number of aliphatic hydroxyl groups is 1. The van der Waals surface area contributed by atoms with E-state index < -0.39 is 5.60 Å². The van der Waals surface area contributed by atoms with Crippen LogP contribution in [0, 0.1) is 0 Å². The van der Waals surface area contributed by atoms with E-state index in [-0.39, 0.29) is 0 Å². The predicted octanol–water partition coefficient (Wildman–Crippen LogP) is 0.961. The van der Waals surface area contributed by atoms with Crippen molar-refractivity contribution in [2.75, 3.05) is 19.6 Å². The summed E-state index contributed by atoms with van der Waals surface area (Å²) in [6, 6.07) is 0.722. The molecule has 0 amide bonds. The van der Waals surface area contributed by atoms with E-state index in [0.717, 1.165) is 19.1 Å². The quantitative estimate of drug-likeness (QED) is 0.643. The molecule has 0 aliphatic heterocycles. The van der Waals surface area contributed by atoms with Crippen molar-refractivity contribution in [1.82, 2.24) is 4.90 Å². The number of unbranched alkanes of at least 4 members (excludes halogenated alkanes) is 1. The summed E-state index contributed by atoms with van der Waals surface area (Å²) in [5, 5.41) is 9.90. The van der Waals surface area contributed by atoms with E-state index in [1.54, 1.807) is 0 Å². The molecule has 84 valence electrons. The number of nitrogens with zero attached hydrogens (tertiary/aromatic N) is 1. The minimum atomic E-state index is -0.712. The third kappa shape index (κ3) is 3.95. The Morgan fingerprint density at radius 2 is 2.14 bits per heavy atom. The lowest BCUT2D eigenvalue weighted by molar-refractivity contribution is 0.0241.